The highest BCUT2D eigenvalue weighted by Gasteiger charge is 2.29. The molecule has 3 nitrogen and oxygen atoms in total. The maximum Gasteiger partial charge on any atom is 0.245 e. The Labute approximate surface area is 108 Å². The molecule has 0 heterocycles. The van der Waals surface area contributed by atoms with Crippen molar-refractivity contribution in [1.82, 2.24) is 4.90 Å². The minimum absolute atomic E-state index is 0.00409. The van der Waals surface area contributed by atoms with Crippen molar-refractivity contribution in [2.45, 2.75) is 45.2 Å². The van der Waals surface area contributed by atoms with E-state index in [1.165, 1.54) is 6.08 Å². The van der Waals surface area contributed by atoms with Gasteiger partial charge in [-0.3, -0.25) is 4.79 Å². The lowest BCUT2D eigenvalue weighted by Crippen LogP contribution is -2.42. The number of hydrogen-bond acceptors (Lipinski definition) is 2. The van der Waals surface area contributed by atoms with Crippen LogP contribution in [-0.4, -0.2) is 41.0 Å². The van der Waals surface area contributed by atoms with Crippen LogP contribution in [0.3, 0.4) is 0 Å². The van der Waals surface area contributed by atoms with Gasteiger partial charge in [0.15, 0.2) is 16.6 Å². The first-order valence-electron chi connectivity index (χ1n) is 6.15. The molecule has 0 fully saturated rings. The van der Waals surface area contributed by atoms with Crippen molar-refractivity contribution >= 4 is 22.5 Å². The lowest BCUT2D eigenvalue weighted by atomic mass is 10.4. The molecule has 0 aromatic rings. The normalized spacial score (nSPS) is 12.4. The number of nitrogens with zero attached hydrogens (tertiary/aromatic N) is 1. The molecular formula is C12H27NO2Si2. The van der Waals surface area contributed by atoms with Crippen molar-refractivity contribution in [1.29, 1.82) is 0 Å². The lowest BCUT2D eigenvalue weighted by molar-refractivity contribution is -0.124. The number of amides is 1. The van der Waals surface area contributed by atoms with E-state index >= 15 is 0 Å². The molecule has 0 spiro atoms. The molecule has 0 aliphatic rings. The van der Waals surface area contributed by atoms with Gasteiger partial charge < -0.3 is 9.02 Å². The Morgan fingerprint density at radius 3 is 2.24 bits per heavy atom. The summed E-state index contributed by atoms with van der Waals surface area (Å²) in [6, 6.07) is 1.10. The second-order valence-corrected chi connectivity index (χ2v) is 15.1. The molecule has 0 bridgehead atoms. The van der Waals surface area contributed by atoms with Crippen molar-refractivity contribution in [2.75, 3.05) is 13.6 Å². The number of carbonyl (C=O) groups is 1. The van der Waals surface area contributed by atoms with Crippen LogP contribution < -0.4 is 0 Å². The van der Waals surface area contributed by atoms with Crippen LogP contribution in [0.1, 0.15) is 6.42 Å². The SMILES string of the molecule is C=CC(=O)N(C)CCC[Si](C)(C)O[Si](C)(C)C. The van der Waals surface area contributed by atoms with Gasteiger partial charge in [-0.25, -0.2) is 0 Å². The molecule has 1 amide bonds. The fourth-order valence-corrected chi connectivity index (χ4v) is 9.94. The van der Waals surface area contributed by atoms with Gasteiger partial charge in [-0.1, -0.05) is 6.58 Å². The smallest absolute Gasteiger partial charge is 0.245 e. The molecule has 0 saturated heterocycles. The number of carbonyl (C=O) groups excluding carboxylic acids is 1. The summed E-state index contributed by atoms with van der Waals surface area (Å²) < 4.78 is 6.25. The van der Waals surface area contributed by atoms with E-state index in [0.717, 1.165) is 19.0 Å². The van der Waals surface area contributed by atoms with E-state index in [2.05, 4.69) is 39.3 Å². The average molecular weight is 274 g/mol. The third kappa shape index (κ3) is 8.34. The zero-order chi connectivity index (χ0) is 13.7. The molecule has 100 valence electrons. The fourth-order valence-electron chi connectivity index (χ4n) is 1.89. The zero-order valence-electron chi connectivity index (χ0n) is 12.2. The highest BCUT2D eigenvalue weighted by molar-refractivity contribution is 6.84. The van der Waals surface area contributed by atoms with Gasteiger partial charge in [-0.15, -0.1) is 0 Å². The summed E-state index contributed by atoms with van der Waals surface area (Å²) >= 11 is 0. The Kier molecular flexibility index (Phi) is 6.36. The van der Waals surface area contributed by atoms with Crippen molar-refractivity contribution in [3.05, 3.63) is 12.7 Å². The van der Waals surface area contributed by atoms with E-state index in [1.807, 2.05) is 7.05 Å². The minimum Gasteiger partial charge on any atom is -0.456 e. The summed E-state index contributed by atoms with van der Waals surface area (Å²) in [6.45, 7) is 15.5. The van der Waals surface area contributed by atoms with E-state index in [9.17, 15) is 4.79 Å². The number of likely N-dealkylation sites (N-methyl/N-ethyl adjacent to an activating group) is 1. The van der Waals surface area contributed by atoms with Gasteiger partial charge in [0.25, 0.3) is 0 Å². The molecule has 17 heavy (non-hydrogen) atoms. The van der Waals surface area contributed by atoms with E-state index in [1.54, 1.807) is 4.90 Å². The van der Waals surface area contributed by atoms with Crippen molar-refractivity contribution < 1.29 is 8.91 Å². The second-order valence-electron chi connectivity index (χ2n) is 6.04. The van der Waals surface area contributed by atoms with Gasteiger partial charge in [-0.2, -0.15) is 0 Å². The highest BCUT2D eigenvalue weighted by atomic mass is 28.4. The van der Waals surface area contributed by atoms with E-state index < -0.39 is 16.6 Å². The summed E-state index contributed by atoms with van der Waals surface area (Å²) in [4.78, 5) is 13.0. The molecule has 0 atom stereocenters. The van der Waals surface area contributed by atoms with E-state index in [0.29, 0.717) is 0 Å². The fraction of sp³-hybridized carbons (Fsp3) is 0.750. The molecule has 0 unspecified atom stereocenters. The molecule has 0 aromatic heterocycles. The first-order chi connectivity index (χ1) is 7.57. The summed E-state index contributed by atoms with van der Waals surface area (Å²) in [7, 11) is -1.17. The Bertz CT molecular complexity index is 272. The van der Waals surface area contributed by atoms with Crippen LogP contribution in [0.2, 0.25) is 38.8 Å². The first kappa shape index (κ1) is 16.6. The molecule has 0 rings (SSSR count). The first-order valence-corrected chi connectivity index (χ1v) is 12.7. The van der Waals surface area contributed by atoms with Crippen LogP contribution >= 0.6 is 0 Å². The van der Waals surface area contributed by atoms with Crippen LogP contribution in [0.25, 0.3) is 0 Å². The van der Waals surface area contributed by atoms with Crippen molar-refractivity contribution in [3.63, 3.8) is 0 Å². The largest absolute Gasteiger partial charge is 0.456 e. The molecular weight excluding hydrogens is 246 g/mol. The summed E-state index contributed by atoms with van der Waals surface area (Å²) in [5.41, 5.74) is 0. The quantitative estimate of drug-likeness (QED) is 0.527. The summed E-state index contributed by atoms with van der Waals surface area (Å²) in [6.07, 6.45) is 2.38. The topological polar surface area (TPSA) is 29.5 Å². The summed E-state index contributed by atoms with van der Waals surface area (Å²) in [5, 5.41) is 0. The van der Waals surface area contributed by atoms with Crippen LogP contribution in [0.4, 0.5) is 0 Å². The molecule has 0 N–H and O–H groups in total. The monoisotopic (exact) mass is 273 g/mol. The average Bonchev–Trinajstić information content (AvgIpc) is 2.12. The summed E-state index contributed by atoms with van der Waals surface area (Å²) in [5.74, 6) is -0.00409. The van der Waals surface area contributed by atoms with Gasteiger partial charge >= 0.3 is 0 Å². The predicted octanol–water partition coefficient (Wildman–Crippen LogP) is 3.08. The third-order valence-electron chi connectivity index (χ3n) is 2.41. The number of rotatable bonds is 7. The molecule has 0 aromatic carbocycles. The molecule has 0 aliphatic carbocycles. The van der Waals surface area contributed by atoms with Crippen molar-refractivity contribution in [3.8, 4) is 0 Å². The maximum atomic E-state index is 11.3. The minimum atomic E-state index is -1.55. The third-order valence-corrected chi connectivity index (χ3v) is 8.62. The lowest BCUT2D eigenvalue weighted by Gasteiger charge is -2.32. The molecule has 5 heteroatoms. The van der Waals surface area contributed by atoms with Gasteiger partial charge in [-0.05, 0) is 51.3 Å². The van der Waals surface area contributed by atoms with Crippen molar-refractivity contribution in [2.24, 2.45) is 0 Å². The van der Waals surface area contributed by atoms with Gasteiger partial charge in [0.2, 0.25) is 5.91 Å². The van der Waals surface area contributed by atoms with E-state index in [-0.39, 0.29) is 5.91 Å². The van der Waals surface area contributed by atoms with Crippen LogP contribution in [0.5, 0.6) is 0 Å². The second kappa shape index (κ2) is 6.51. The standard InChI is InChI=1S/C12H27NO2Si2/c1-8-12(14)13(2)10-9-11-17(6,7)15-16(3,4)5/h8H,1,9-11H2,2-7H3. The Morgan fingerprint density at radius 1 is 1.29 bits per heavy atom. The number of hydrogen-bond donors (Lipinski definition) is 0. The molecule has 0 radical (unpaired) electrons. The van der Waals surface area contributed by atoms with Crippen LogP contribution in [0.15, 0.2) is 12.7 Å². The molecule has 0 saturated carbocycles. The predicted molar refractivity (Wildman–Crippen MR) is 79.2 cm³/mol. The zero-order valence-corrected chi connectivity index (χ0v) is 14.2. The highest BCUT2D eigenvalue weighted by Crippen LogP contribution is 2.19. The Hall–Kier alpha value is -0.396. The van der Waals surface area contributed by atoms with Gasteiger partial charge in [0.05, 0.1) is 0 Å². The molecule has 0 aliphatic heterocycles. The Morgan fingerprint density at radius 2 is 1.82 bits per heavy atom. The van der Waals surface area contributed by atoms with Crippen LogP contribution in [-0.2, 0) is 8.91 Å². The van der Waals surface area contributed by atoms with Gasteiger partial charge in [0.1, 0.15) is 0 Å². The maximum absolute atomic E-state index is 11.3. The van der Waals surface area contributed by atoms with Gasteiger partial charge in [0, 0.05) is 13.6 Å². The van der Waals surface area contributed by atoms with E-state index in [4.69, 9.17) is 4.12 Å². The van der Waals surface area contributed by atoms with Crippen LogP contribution in [0, 0.1) is 0 Å². The Balaban J connectivity index is 4.03.